The van der Waals surface area contributed by atoms with Crippen LogP contribution in [0.5, 0.6) is 0 Å². The first-order chi connectivity index (χ1) is 7.75. The largest absolute Gasteiger partial charge is 0.400 e. The molecule has 1 nitrogen and oxygen atoms in total. The van der Waals surface area contributed by atoms with Crippen molar-refractivity contribution in [3.63, 3.8) is 0 Å². The standard InChI is InChI=1S/C12H8Cl2.CH4O/c13-11-5-1-9(2-6-11)10-3-7-12(14)8-4-10;1-2/h1-8H;2H,1H3. The van der Waals surface area contributed by atoms with Gasteiger partial charge in [0.05, 0.1) is 0 Å². The second kappa shape index (κ2) is 6.54. The predicted molar refractivity (Wildman–Crippen MR) is 70.0 cm³/mol. The zero-order valence-corrected chi connectivity index (χ0v) is 10.3. The summed E-state index contributed by atoms with van der Waals surface area (Å²) in [5.74, 6) is 0. The molecular formula is C13H12Cl2O. The topological polar surface area (TPSA) is 20.2 Å². The number of halogens is 2. The Morgan fingerprint density at radius 3 is 1.12 bits per heavy atom. The number of rotatable bonds is 1. The van der Waals surface area contributed by atoms with Crippen LogP contribution in [0.25, 0.3) is 11.1 Å². The van der Waals surface area contributed by atoms with E-state index in [1.165, 1.54) is 0 Å². The van der Waals surface area contributed by atoms with Gasteiger partial charge in [-0.25, -0.2) is 0 Å². The molecule has 0 saturated carbocycles. The first-order valence-electron chi connectivity index (χ1n) is 4.72. The second-order valence-electron chi connectivity index (χ2n) is 3.01. The van der Waals surface area contributed by atoms with Crippen LogP contribution in [-0.4, -0.2) is 12.2 Å². The molecular weight excluding hydrogens is 243 g/mol. The molecule has 0 aliphatic heterocycles. The van der Waals surface area contributed by atoms with Crippen LogP contribution in [0.2, 0.25) is 10.0 Å². The fourth-order valence-electron chi connectivity index (χ4n) is 1.28. The van der Waals surface area contributed by atoms with Crippen molar-refractivity contribution in [3.05, 3.63) is 58.6 Å². The minimum Gasteiger partial charge on any atom is -0.400 e. The Morgan fingerprint density at radius 1 is 0.625 bits per heavy atom. The highest BCUT2D eigenvalue weighted by atomic mass is 35.5. The van der Waals surface area contributed by atoms with E-state index >= 15 is 0 Å². The summed E-state index contributed by atoms with van der Waals surface area (Å²) in [6.07, 6.45) is 0. The third-order valence-corrected chi connectivity index (χ3v) is 2.53. The van der Waals surface area contributed by atoms with Crippen LogP contribution >= 0.6 is 23.2 Å². The third-order valence-electron chi connectivity index (χ3n) is 2.02. The molecule has 0 unspecified atom stereocenters. The van der Waals surface area contributed by atoms with Gasteiger partial charge < -0.3 is 5.11 Å². The zero-order valence-electron chi connectivity index (χ0n) is 8.82. The molecule has 0 heterocycles. The molecule has 0 amide bonds. The molecule has 0 fully saturated rings. The number of hydrogen-bond acceptors (Lipinski definition) is 1. The molecule has 0 radical (unpaired) electrons. The monoisotopic (exact) mass is 254 g/mol. The molecule has 2 aromatic rings. The molecule has 0 saturated heterocycles. The van der Waals surface area contributed by atoms with Gasteiger partial charge in [0.25, 0.3) is 0 Å². The minimum absolute atomic E-state index is 0.753. The summed E-state index contributed by atoms with van der Waals surface area (Å²) >= 11 is 11.6. The summed E-state index contributed by atoms with van der Waals surface area (Å²) < 4.78 is 0. The molecule has 2 aromatic carbocycles. The van der Waals surface area contributed by atoms with E-state index in [2.05, 4.69) is 0 Å². The number of hydrogen-bond donors (Lipinski definition) is 1. The van der Waals surface area contributed by atoms with Crippen molar-refractivity contribution < 1.29 is 5.11 Å². The van der Waals surface area contributed by atoms with Gasteiger partial charge in [0.15, 0.2) is 0 Å². The first-order valence-corrected chi connectivity index (χ1v) is 5.47. The van der Waals surface area contributed by atoms with Crippen LogP contribution in [0.4, 0.5) is 0 Å². The van der Waals surface area contributed by atoms with Gasteiger partial charge in [-0.15, -0.1) is 0 Å². The van der Waals surface area contributed by atoms with Gasteiger partial charge in [0.1, 0.15) is 0 Å². The van der Waals surface area contributed by atoms with Crippen molar-refractivity contribution in [3.8, 4) is 11.1 Å². The molecule has 0 aromatic heterocycles. The molecule has 0 atom stereocenters. The summed E-state index contributed by atoms with van der Waals surface area (Å²) in [4.78, 5) is 0. The smallest absolute Gasteiger partial charge is 0.0406 e. The first kappa shape index (κ1) is 13.0. The van der Waals surface area contributed by atoms with Crippen LogP contribution in [0.3, 0.4) is 0 Å². The fourth-order valence-corrected chi connectivity index (χ4v) is 1.54. The zero-order chi connectivity index (χ0) is 12.0. The average Bonchev–Trinajstić information content (AvgIpc) is 2.34. The summed E-state index contributed by atoms with van der Waals surface area (Å²) in [5, 5.41) is 8.51. The molecule has 0 aliphatic rings. The van der Waals surface area contributed by atoms with Crippen LogP contribution in [-0.2, 0) is 0 Å². The fraction of sp³-hybridized carbons (Fsp3) is 0.0769. The van der Waals surface area contributed by atoms with Crippen molar-refractivity contribution in [2.24, 2.45) is 0 Å². The maximum atomic E-state index is 7.00. The highest BCUT2D eigenvalue weighted by Gasteiger charge is 1.96. The van der Waals surface area contributed by atoms with Gasteiger partial charge in [0.2, 0.25) is 0 Å². The highest BCUT2D eigenvalue weighted by molar-refractivity contribution is 6.31. The van der Waals surface area contributed by atoms with Crippen molar-refractivity contribution >= 4 is 23.2 Å². The molecule has 0 spiro atoms. The lowest BCUT2D eigenvalue weighted by Gasteiger charge is -2.01. The predicted octanol–water partition coefficient (Wildman–Crippen LogP) is 4.27. The average molecular weight is 255 g/mol. The summed E-state index contributed by atoms with van der Waals surface area (Å²) in [6.45, 7) is 0. The number of aliphatic hydroxyl groups excluding tert-OH is 1. The lowest BCUT2D eigenvalue weighted by molar-refractivity contribution is 0.399. The Bertz CT molecular complexity index is 377. The van der Waals surface area contributed by atoms with E-state index in [9.17, 15) is 0 Å². The lowest BCUT2D eigenvalue weighted by Crippen LogP contribution is -1.76. The summed E-state index contributed by atoms with van der Waals surface area (Å²) in [5.41, 5.74) is 2.29. The van der Waals surface area contributed by atoms with Crippen molar-refractivity contribution in [2.45, 2.75) is 0 Å². The third kappa shape index (κ3) is 3.53. The van der Waals surface area contributed by atoms with Crippen molar-refractivity contribution in [1.82, 2.24) is 0 Å². The minimum atomic E-state index is 0.753. The summed E-state index contributed by atoms with van der Waals surface area (Å²) in [6, 6.07) is 15.5. The normalized spacial score (nSPS) is 9.25. The Balaban J connectivity index is 0.000000606. The molecule has 84 valence electrons. The van der Waals surface area contributed by atoms with E-state index in [1.54, 1.807) is 0 Å². The molecule has 1 N–H and O–H groups in total. The van der Waals surface area contributed by atoms with E-state index in [4.69, 9.17) is 28.3 Å². The quantitative estimate of drug-likeness (QED) is 0.806. The molecule has 2 rings (SSSR count). The molecule has 0 bridgehead atoms. The Morgan fingerprint density at radius 2 is 0.875 bits per heavy atom. The highest BCUT2D eigenvalue weighted by Crippen LogP contribution is 2.22. The molecule has 0 aliphatic carbocycles. The van der Waals surface area contributed by atoms with Crippen molar-refractivity contribution in [2.75, 3.05) is 7.11 Å². The van der Waals surface area contributed by atoms with Crippen LogP contribution in [0.15, 0.2) is 48.5 Å². The van der Waals surface area contributed by atoms with E-state index in [0.29, 0.717) is 0 Å². The summed E-state index contributed by atoms with van der Waals surface area (Å²) in [7, 11) is 1.00. The van der Waals surface area contributed by atoms with Crippen LogP contribution in [0.1, 0.15) is 0 Å². The van der Waals surface area contributed by atoms with E-state index < -0.39 is 0 Å². The van der Waals surface area contributed by atoms with Gasteiger partial charge in [-0.1, -0.05) is 47.5 Å². The van der Waals surface area contributed by atoms with Crippen LogP contribution in [0, 0.1) is 0 Å². The Kier molecular flexibility index (Phi) is 5.33. The lowest BCUT2D eigenvalue weighted by atomic mass is 10.1. The number of aliphatic hydroxyl groups is 1. The van der Waals surface area contributed by atoms with E-state index in [-0.39, 0.29) is 0 Å². The van der Waals surface area contributed by atoms with Gasteiger partial charge >= 0.3 is 0 Å². The SMILES string of the molecule is CO.Clc1ccc(-c2ccc(Cl)cc2)cc1. The number of benzene rings is 2. The van der Waals surface area contributed by atoms with Crippen LogP contribution < -0.4 is 0 Å². The van der Waals surface area contributed by atoms with Gasteiger partial charge in [-0.3, -0.25) is 0 Å². The van der Waals surface area contributed by atoms with E-state index in [0.717, 1.165) is 28.3 Å². The Labute approximate surface area is 105 Å². The molecule has 3 heteroatoms. The van der Waals surface area contributed by atoms with Gasteiger partial charge in [-0.2, -0.15) is 0 Å². The van der Waals surface area contributed by atoms with Gasteiger partial charge in [-0.05, 0) is 35.4 Å². The maximum Gasteiger partial charge on any atom is 0.0406 e. The second-order valence-corrected chi connectivity index (χ2v) is 3.89. The van der Waals surface area contributed by atoms with Gasteiger partial charge in [0, 0.05) is 17.2 Å². The molecule has 16 heavy (non-hydrogen) atoms. The van der Waals surface area contributed by atoms with Crippen molar-refractivity contribution in [1.29, 1.82) is 0 Å². The van der Waals surface area contributed by atoms with E-state index in [1.807, 2.05) is 48.5 Å². The Hall–Kier alpha value is -1.02. The maximum absolute atomic E-state index is 7.00.